The van der Waals surface area contributed by atoms with Crippen LogP contribution in [0.3, 0.4) is 0 Å². The van der Waals surface area contributed by atoms with Crippen molar-refractivity contribution in [1.82, 2.24) is 5.32 Å². The van der Waals surface area contributed by atoms with Gasteiger partial charge in [-0.15, -0.1) is 0 Å². The highest BCUT2D eigenvalue weighted by Gasteiger charge is 2.18. The maximum atomic E-state index is 9.18. The van der Waals surface area contributed by atoms with E-state index in [1.807, 2.05) is 0 Å². The van der Waals surface area contributed by atoms with Crippen molar-refractivity contribution in [2.75, 3.05) is 31.1 Å². The second-order valence-electron chi connectivity index (χ2n) is 6.30. The molecule has 0 aromatic heterocycles. The first-order chi connectivity index (χ1) is 9.69. The van der Waals surface area contributed by atoms with E-state index in [4.69, 9.17) is 0 Å². The zero-order valence-corrected chi connectivity index (χ0v) is 12.8. The summed E-state index contributed by atoms with van der Waals surface area (Å²) < 4.78 is 0. The van der Waals surface area contributed by atoms with E-state index in [0.29, 0.717) is 18.4 Å². The Balaban J connectivity index is 1.82. The number of hydrogen-bond donors (Lipinski definition) is 2. The minimum Gasteiger partial charge on any atom is -0.396 e. The minimum atomic E-state index is 0.342. The molecule has 0 radical (unpaired) electrons. The summed E-state index contributed by atoms with van der Waals surface area (Å²) in [6.45, 7) is 8.94. The molecule has 0 atom stereocenters. The molecule has 3 nitrogen and oxygen atoms in total. The van der Waals surface area contributed by atoms with Gasteiger partial charge < -0.3 is 15.3 Å². The van der Waals surface area contributed by atoms with Crippen molar-refractivity contribution >= 4 is 5.69 Å². The number of nitrogens with one attached hydrogen (secondary N) is 1. The standard InChI is InChI=1S/C17H28N2O/c1-14(2)11-18-12-15-3-5-17(6-4-15)19-9-7-16(13-20)8-10-19/h3-6,14,16,18,20H,7-13H2,1-2H3. The number of benzene rings is 1. The van der Waals surface area contributed by atoms with Crippen molar-refractivity contribution in [3.63, 3.8) is 0 Å². The van der Waals surface area contributed by atoms with Crippen molar-refractivity contribution in [3.8, 4) is 0 Å². The first-order valence-corrected chi connectivity index (χ1v) is 7.84. The third-order valence-corrected chi connectivity index (χ3v) is 4.06. The predicted molar refractivity (Wildman–Crippen MR) is 85.0 cm³/mol. The number of aliphatic hydroxyl groups is 1. The monoisotopic (exact) mass is 276 g/mol. The van der Waals surface area contributed by atoms with Gasteiger partial charge in [0.15, 0.2) is 0 Å². The Morgan fingerprint density at radius 1 is 1.20 bits per heavy atom. The average Bonchev–Trinajstić information content (AvgIpc) is 2.48. The Morgan fingerprint density at radius 2 is 1.85 bits per heavy atom. The quantitative estimate of drug-likeness (QED) is 0.838. The Bertz CT molecular complexity index is 380. The average molecular weight is 276 g/mol. The van der Waals surface area contributed by atoms with Crippen molar-refractivity contribution in [1.29, 1.82) is 0 Å². The molecule has 0 spiro atoms. The highest BCUT2D eigenvalue weighted by atomic mass is 16.3. The van der Waals surface area contributed by atoms with Crippen LogP contribution in [0.1, 0.15) is 32.3 Å². The second kappa shape index (κ2) is 7.65. The maximum absolute atomic E-state index is 9.18. The molecule has 1 saturated heterocycles. The summed E-state index contributed by atoms with van der Waals surface area (Å²) in [7, 11) is 0. The number of piperidine rings is 1. The predicted octanol–water partition coefficient (Wildman–Crippen LogP) is 2.64. The lowest BCUT2D eigenvalue weighted by Crippen LogP contribution is -2.34. The van der Waals surface area contributed by atoms with E-state index in [1.165, 1.54) is 11.3 Å². The molecule has 0 unspecified atom stereocenters. The van der Waals surface area contributed by atoms with Gasteiger partial charge in [0.2, 0.25) is 0 Å². The Kier molecular flexibility index (Phi) is 5.86. The molecular weight excluding hydrogens is 248 g/mol. The van der Waals surface area contributed by atoms with Gasteiger partial charge in [-0.3, -0.25) is 0 Å². The van der Waals surface area contributed by atoms with Crippen molar-refractivity contribution in [2.24, 2.45) is 11.8 Å². The fraction of sp³-hybridized carbons (Fsp3) is 0.647. The van der Waals surface area contributed by atoms with Gasteiger partial charge in [-0.25, -0.2) is 0 Å². The lowest BCUT2D eigenvalue weighted by molar-refractivity contribution is 0.203. The van der Waals surface area contributed by atoms with Crippen LogP contribution < -0.4 is 10.2 Å². The van der Waals surface area contributed by atoms with Crippen LogP contribution in [0.5, 0.6) is 0 Å². The molecule has 1 aliphatic heterocycles. The van der Waals surface area contributed by atoms with E-state index in [-0.39, 0.29) is 0 Å². The lowest BCUT2D eigenvalue weighted by Gasteiger charge is -2.33. The molecule has 1 aromatic carbocycles. The molecule has 20 heavy (non-hydrogen) atoms. The summed E-state index contributed by atoms with van der Waals surface area (Å²) >= 11 is 0. The van der Waals surface area contributed by atoms with Gasteiger partial charge in [-0.1, -0.05) is 26.0 Å². The number of nitrogens with zero attached hydrogens (tertiary/aromatic N) is 1. The minimum absolute atomic E-state index is 0.342. The summed E-state index contributed by atoms with van der Waals surface area (Å²) in [5.41, 5.74) is 2.66. The van der Waals surface area contributed by atoms with Gasteiger partial charge in [0.05, 0.1) is 0 Å². The van der Waals surface area contributed by atoms with E-state index < -0.39 is 0 Å². The lowest BCUT2D eigenvalue weighted by atomic mass is 9.97. The smallest absolute Gasteiger partial charge is 0.0460 e. The Morgan fingerprint density at radius 3 is 2.40 bits per heavy atom. The molecule has 1 fully saturated rings. The molecule has 2 rings (SSSR count). The summed E-state index contributed by atoms with van der Waals surface area (Å²) in [5.74, 6) is 1.20. The molecule has 0 saturated carbocycles. The summed E-state index contributed by atoms with van der Waals surface area (Å²) in [4.78, 5) is 2.43. The van der Waals surface area contributed by atoms with E-state index in [9.17, 15) is 5.11 Å². The SMILES string of the molecule is CC(C)CNCc1ccc(N2CCC(CO)CC2)cc1. The molecule has 0 bridgehead atoms. The van der Waals surface area contributed by atoms with Crippen molar-refractivity contribution in [3.05, 3.63) is 29.8 Å². The first kappa shape index (κ1) is 15.3. The third-order valence-electron chi connectivity index (χ3n) is 4.06. The summed E-state index contributed by atoms with van der Waals surface area (Å²) in [6.07, 6.45) is 2.21. The molecule has 1 heterocycles. The molecule has 1 aromatic rings. The second-order valence-corrected chi connectivity index (χ2v) is 6.30. The number of rotatable bonds is 6. The van der Waals surface area contributed by atoms with Crippen molar-refractivity contribution in [2.45, 2.75) is 33.2 Å². The topological polar surface area (TPSA) is 35.5 Å². The Labute approximate surface area is 123 Å². The fourth-order valence-corrected chi connectivity index (χ4v) is 2.70. The van der Waals surface area contributed by atoms with Crippen LogP contribution >= 0.6 is 0 Å². The number of anilines is 1. The molecular formula is C17H28N2O. The molecule has 0 aliphatic carbocycles. The first-order valence-electron chi connectivity index (χ1n) is 7.84. The van der Waals surface area contributed by atoms with Crippen LogP contribution in [0, 0.1) is 11.8 Å². The van der Waals surface area contributed by atoms with Crippen LogP contribution in [0.25, 0.3) is 0 Å². The van der Waals surface area contributed by atoms with E-state index in [2.05, 4.69) is 48.3 Å². The van der Waals surface area contributed by atoms with E-state index in [0.717, 1.165) is 39.0 Å². The van der Waals surface area contributed by atoms with Gasteiger partial charge in [0.25, 0.3) is 0 Å². The molecule has 0 amide bonds. The molecule has 1 aliphatic rings. The van der Waals surface area contributed by atoms with Gasteiger partial charge in [-0.05, 0) is 48.9 Å². The van der Waals surface area contributed by atoms with Gasteiger partial charge in [-0.2, -0.15) is 0 Å². The normalized spacial score (nSPS) is 16.9. The van der Waals surface area contributed by atoms with Crippen LogP contribution in [0.15, 0.2) is 24.3 Å². The largest absolute Gasteiger partial charge is 0.396 e. The van der Waals surface area contributed by atoms with Gasteiger partial charge >= 0.3 is 0 Å². The van der Waals surface area contributed by atoms with Gasteiger partial charge in [0, 0.05) is 31.9 Å². The third kappa shape index (κ3) is 4.50. The summed E-state index contributed by atoms with van der Waals surface area (Å²) in [6, 6.07) is 8.90. The zero-order valence-electron chi connectivity index (χ0n) is 12.8. The maximum Gasteiger partial charge on any atom is 0.0460 e. The van der Waals surface area contributed by atoms with Crippen LogP contribution in [0.2, 0.25) is 0 Å². The molecule has 112 valence electrons. The van der Waals surface area contributed by atoms with E-state index >= 15 is 0 Å². The molecule has 2 N–H and O–H groups in total. The molecule has 3 heteroatoms. The van der Waals surface area contributed by atoms with E-state index in [1.54, 1.807) is 0 Å². The van der Waals surface area contributed by atoms with Crippen LogP contribution in [-0.2, 0) is 6.54 Å². The van der Waals surface area contributed by atoms with Gasteiger partial charge in [0.1, 0.15) is 0 Å². The Hall–Kier alpha value is -1.06. The number of aliphatic hydroxyl groups excluding tert-OH is 1. The van der Waals surface area contributed by atoms with Crippen LogP contribution in [0.4, 0.5) is 5.69 Å². The fourth-order valence-electron chi connectivity index (χ4n) is 2.70. The zero-order chi connectivity index (χ0) is 14.4. The van der Waals surface area contributed by atoms with Crippen LogP contribution in [-0.4, -0.2) is 31.3 Å². The highest BCUT2D eigenvalue weighted by Crippen LogP contribution is 2.23. The summed E-state index contributed by atoms with van der Waals surface area (Å²) in [5, 5.41) is 12.7. The highest BCUT2D eigenvalue weighted by molar-refractivity contribution is 5.47. The van der Waals surface area contributed by atoms with Crippen molar-refractivity contribution < 1.29 is 5.11 Å². The number of hydrogen-bond acceptors (Lipinski definition) is 3.